The SMILES string of the molecule is CNC(=S)NC1CSC(CO)C(O)C1O. The molecular weight excluding hydrogens is 236 g/mol. The molecule has 15 heavy (non-hydrogen) atoms. The van der Waals surface area contributed by atoms with E-state index in [4.69, 9.17) is 17.3 Å². The summed E-state index contributed by atoms with van der Waals surface area (Å²) >= 11 is 6.34. The summed E-state index contributed by atoms with van der Waals surface area (Å²) in [5, 5.41) is 34.1. The third-order valence-corrected chi connectivity index (χ3v) is 4.09. The Morgan fingerprint density at radius 1 is 1.47 bits per heavy atom. The van der Waals surface area contributed by atoms with Gasteiger partial charge in [0.05, 0.1) is 24.0 Å². The number of rotatable bonds is 2. The van der Waals surface area contributed by atoms with Crippen molar-refractivity contribution in [3.05, 3.63) is 0 Å². The highest BCUT2D eigenvalue weighted by Crippen LogP contribution is 2.26. The van der Waals surface area contributed by atoms with Crippen molar-refractivity contribution in [1.82, 2.24) is 10.6 Å². The maximum atomic E-state index is 9.76. The number of hydrogen-bond acceptors (Lipinski definition) is 5. The number of aliphatic hydroxyl groups excluding tert-OH is 3. The Morgan fingerprint density at radius 3 is 2.67 bits per heavy atom. The summed E-state index contributed by atoms with van der Waals surface area (Å²) in [5.41, 5.74) is 0. The Labute approximate surface area is 98.3 Å². The van der Waals surface area contributed by atoms with Gasteiger partial charge >= 0.3 is 0 Å². The van der Waals surface area contributed by atoms with Gasteiger partial charge in [0.15, 0.2) is 5.11 Å². The lowest BCUT2D eigenvalue weighted by Crippen LogP contribution is -2.58. The summed E-state index contributed by atoms with van der Waals surface area (Å²) in [6.45, 7) is -0.133. The molecule has 0 aliphatic carbocycles. The second-order valence-electron chi connectivity index (χ2n) is 3.37. The zero-order valence-corrected chi connectivity index (χ0v) is 10.0. The van der Waals surface area contributed by atoms with Crippen molar-refractivity contribution in [2.45, 2.75) is 23.5 Å². The molecule has 0 saturated carbocycles. The zero-order chi connectivity index (χ0) is 11.4. The van der Waals surface area contributed by atoms with E-state index in [0.29, 0.717) is 10.9 Å². The minimum absolute atomic E-state index is 0.133. The van der Waals surface area contributed by atoms with Crippen molar-refractivity contribution in [2.75, 3.05) is 19.4 Å². The third kappa shape index (κ3) is 3.18. The van der Waals surface area contributed by atoms with Crippen molar-refractivity contribution < 1.29 is 15.3 Å². The van der Waals surface area contributed by atoms with Crippen LogP contribution >= 0.6 is 24.0 Å². The van der Waals surface area contributed by atoms with Crippen LogP contribution in [0.2, 0.25) is 0 Å². The quantitative estimate of drug-likeness (QED) is 0.374. The highest BCUT2D eigenvalue weighted by Gasteiger charge is 2.37. The predicted octanol–water partition coefficient (Wildman–Crippen LogP) is -1.72. The molecule has 88 valence electrons. The highest BCUT2D eigenvalue weighted by molar-refractivity contribution is 8.00. The first-order valence-electron chi connectivity index (χ1n) is 4.67. The van der Waals surface area contributed by atoms with Gasteiger partial charge in [0.25, 0.3) is 0 Å². The molecule has 7 heteroatoms. The van der Waals surface area contributed by atoms with Crippen molar-refractivity contribution in [2.24, 2.45) is 0 Å². The molecule has 5 N–H and O–H groups in total. The standard InChI is InChI=1S/C8H16N2O3S2/c1-9-8(14)10-4-3-15-5(2-11)7(13)6(4)12/h4-7,11-13H,2-3H2,1H3,(H2,9,10,14). The molecule has 4 unspecified atom stereocenters. The average molecular weight is 252 g/mol. The topological polar surface area (TPSA) is 84.8 Å². The maximum Gasteiger partial charge on any atom is 0.166 e. The molecular formula is C8H16N2O3S2. The van der Waals surface area contributed by atoms with Crippen LogP contribution in [0.1, 0.15) is 0 Å². The summed E-state index contributed by atoms with van der Waals surface area (Å²) in [6, 6.07) is -0.284. The number of aliphatic hydroxyl groups is 3. The van der Waals surface area contributed by atoms with E-state index in [9.17, 15) is 10.2 Å². The number of hydrogen-bond donors (Lipinski definition) is 5. The summed E-state index contributed by atoms with van der Waals surface area (Å²) in [4.78, 5) is 0. The van der Waals surface area contributed by atoms with Crippen LogP contribution in [-0.2, 0) is 0 Å². The second-order valence-corrected chi connectivity index (χ2v) is 5.05. The van der Waals surface area contributed by atoms with Gasteiger partial charge in [0, 0.05) is 12.8 Å². The van der Waals surface area contributed by atoms with Gasteiger partial charge in [-0.1, -0.05) is 0 Å². The summed E-state index contributed by atoms with van der Waals surface area (Å²) in [7, 11) is 1.69. The molecule has 0 spiro atoms. The van der Waals surface area contributed by atoms with Crippen molar-refractivity contribution in [3.63, 3.8) is 0 Å². The number of thiocarbonyl (C=S) groups is 1. The van der Waals surface area contributed by atoms with Crippen molar-refractivity contribution >= 4 is 29.1 Å². The Bertz CT molecular complexity index is 230. The van der Waals surface area contributed by atoms with E-state index in [0.717, 1.165) is 0 Å². The van der Waals surface area contributed by atoms with Gasteiger partial charge in [0.2, 0.25) is 0 Å². The van der Waals surface area contributed by atoms with Crippen molar-refractivity contribution in [1.29, 1.82) is 0 Å². The molecule has 0 aromatic heterocycles. The summed E-state index contributed by atoms with van der Waals surface area (Å²) in [6.07, 6.45) is -1.83. The van der Waals surface area contributed by atoms with Crippen LogP contribution in [0.4, 0.5) is 0 Å². The molecule has 0 aromatic rings. The normalized spacial score (nSPS) is 36.0. The molecule has 0 aromatic carbocycles. The predicted molar refractivity (Wildman–Crippen MR) is 63.9 cm³/mol. The monoisotopic (exact) mass is 252 g/mol. The van der Waals surface area contributed by atoms with Crippen LogP contribution in [0, 0.1) is 0 Å². The lowest BCUT2D eigenvalue weighted by molar-refractivity contribution is -0.00839. The van der Waals surface area contributed by atoms with E-state index >= 15 is 0 Å². The first kappa shape index (κ1) is 13.0. The van der Waals surface area contributed by atoms with Crippen LogP contribution < -0.4 is 10.6 Å². The van der Waals surface area contributed by atoms with Crippen LogP contribution in [-0.4, -0.2) is 63.3 Å². The Balaban J connectivity index is 2.52. The van der Waals surface area contributed by atoms with Gasteiger partial charge in [-0.25, -0.2) is 0 Å². The molecule has 0 bridgehead atoms. The van der Waals surface area contributed by atoms with Crippen molar-refractivity contribution in [3.8, 4) is 0 Å². The lowest BCUT2D eigenvalue weighted by atomic mass is 10.0. The van der Waals surface area contributed by atoms with Crippen LogP contribution in [0.15, 0.2) is 0 Å². The first-order chi connectivity index (χ1) is 7.10. The Kier molecular flexibility index (Phi) is 5.07. The van der Waals surface area contributed by atoms with Crippen LogP contribution in [0.3, 0.4) is 0 Å². The molecule has 5 nitrogen and oxygen atoms in total. The van der Waals surface area contributed by atoms with E-state index in [2.05, 4.69) is 10.6 Å². The first-order valence-corrected chi connectivity index (χ1v) is 6.12. The van der Waals surface area contributed by atoms with Gasteiger partial charge in [0.1, 0.15) is 6.10 Å². The van der Waals surface area contributed by atoms with Gasteiger partial charge in [-0.15, -0.1) is 0 Å². The fraction of sp³-hybridized carbons (Fsp3) is 0.875. The lowest BCUT2D eigenvalue weighted by Gasteiger charge is -2.37. The molecule has 1 aliphatic rings. The van der Waals surface area contributed by atoms with Gasteiger partial charge < -0.3 is 26.0 Å². The molecule has 4 atom stereocenters. The van der Waals surface area contributed by atoms with Crippen LogP contribution in [0.5, 0.6) is 0 Å². The zero-order valence-electron chi connectivity index (χ0n) is 8.38. The van der Waals surface area contributed by atoms with Gasteiger partial charge in [-0.2, -0.15) is 11.8 Å². The van der Waals surface area contributed by atoms with Gasteiger partial charge in [-0.3, -0.25) is 0 Å². The Morgan fingerprint density at radius 2 is 2.13 bits per heavy atom. The molecule has 0 radical (unpaired) electrons. The average Bonchev–Trinajstić information content (AvgIpc) is 2.25. The van der Waals surface area contributed by atoms with E-state index in [1.54, 1.807) is 7.05 Å². The Hall–Kier alpha value is -0.0800. The maximum absolute atomic E-state index is 9.76. The third-order valence-electron chi connectivity index (χ3n) is 2.36. The van der Waals surface area contributed by atoms with Crippen LogP contribution in [0.25, 0.3) is 0 Å². The molecule has 0 amide bonds. The minimum atomic E-state index is -0.925. The van der Waals surface area contributed by atoms with E-state index < -0.39 is 12.2 Å². The highest BCUT2D eigenvalue weighted by atomic mass is 32.2. The summed E-state index contributed by atoms with van der Waals surface area (Å²) < 4.78 is 0. The van der Waals surface area contributed by atoms with Gasteiger partial charge in [-0.05, 0) is 12.2 Å². The smallest absolute Gasteiger partial charge is 0.166 e. The van der Waals surface area contributed by atoms with E-state index in [1.807, 2.05) is 0 Å². The fourth-order valence-corrected chi connectivity index (χ4v) is 2.76. The number of nitrogens with one attached hydrogen (secondary N) is 2. The molecule has 1 heterocycles. The molecule has 1 aliphatic heterocycles. The fourth-order valence-electron chi connectivity index (χ4n) is 1.41. The molecule has 1 saturated heterocycles. The summed E-state index contributed by atoms with van der Waals surface area (Å²) in [5.74, 6) is 0.602. The number of thioether (sulfide) groups is 1. The molecule has 1 rings (SSSR count). The minimum Gasteiger partial charge on any atom is -0.395 e. The van der Waals surface area contributed by atoms with E-state index in [-0.39, 0.29) is 17.9 Å². The largest absolute Gasteiger partial charge is 0.395 e. The molecule has 1 fully saturated rings. The van der Waals surface area contributed by atoms with E-state index in [1.165, 1.54) is 11.8 Å². The second kappa shape index (κ2) is 5.86.